The summed E-state index contributed by atoms with van der Waals surface area (Å²) in [5.74, 6) is 0. The molecule has 0 amide bonds. The van der Waals surface area contributed by atoms with Crippen LogP contribution in [0.25, 0.3) is 16.7 Å². The number of nitrogens with zero attached hydrogens (tertiary/aromatic N) is 2. The van der Waals surface area contributed by atoms with Crippen molar-refractivity contribution in [3.8, 4) is 5.69 Å². The Hall–Kier alpha value is -2.42. The molecule has 3 nitrogen and oxygen atoms in total. The molecule has 3 heteroatoms. The fourth-order valence-corrected chi connectivity index (χ4v) is 2.11. The van der Waals surface area contributed by atoms with Crippen molar-refractivity contribution in [3.05, 3.63) is 59.9 Å². The van der Waals surface area contributed by atoms with Crippen molar-refractivity contribution >= 4 is 17.3 Å². The molecule has 1 aromatic heterocycles. The lowest BCUT2D eigenvalue weighted by atomic mass is 10.1. The van der Waals surface area contributed by atoms with E-state index in [1.54, 1.807) is 6.33 Å². The Bertz CT molecular complexity index is 728. The van der Waals surface area contributed by atoms with Crippen LogP contribution in [0.15, 0.2) is 48.8 Å². The Morgan fingerprint density at radius 2 is 2.00 bits per heavy atom. The van der Waals surface area contributed by atoms with Gasteiger partial charge in [-0.25, -0.2) is 4.98 Å². The van der Waals surface area contributed by atoms with Gasteiger partial charge in [-0.05, 0) is 30.7 Å². The van der Waals surface area contributed by atoms with E-state index in [0.717, 1.165) is 28.6 Å². The van der Waals surface area contributed by atoms with Crippen LogP contribution in [-0.4, -0.2) is 15.8 Å². The highest BCUT2D eigenvalue weighted by Gasteiger charge is 2.07. The molecule has 1 heterocycles. The summed E-state index contributed by atoms with van der Waals surface area (Å²) in [6, 6.07) is 13.6. The third-order valence-electron chi connectivity index (χ3n) is 3.08. The van der Waals surface area contributed by atoms with E-state index in [-0.39, 0.29) is 0 Å². The van der Waals surface area contributed by atoms with Crippen molar-refractivity contribution < 1.29 is 4.79 Å². The van der Waals surface area contributed by atoms with E-state index < -0.39 is 0 Å². The molecule has 0 aliphatic carbocycles. The van der Waals surface area contributed by atoms with Gasteiger partial charge < -0.3 is 0 Å². The Morgan fingerprint density at radius 3 is 2.83 bits per heavy atom. The van der Waals surface area contributed by atoms with E-state index in [1.807, 2.05) is 54.0 Å². The summed E-state index contributed by atoms with van der Waals surface area (Å²) in [5, 5.41) is 0. The molecule has 2 aromatic carbocycles. The summed E-state index contributed by atoms with van der Waals surface area (Å²) in [6.07, 6.45) is 2.66. The highest BCUT2D eigenvalue weighted by Crippen LogP contribution is 2.21. The van der Waals surface area contributed by atoms with Crippen LogP contribution >= 0.6 is 0 Å². The van der Waals surface area contributed by atoms with Gasteiger partial charge in [0.05, 0.1) is 16.7 Å². The fourth-order valence-electron chi connectivity index (χ4n) is 2.11. The van der Waals surface area contributed by atoms with Gasteiger partial charge in [0.1, 0.15) is 12.6 Å². The summed E-state index contributed by atoms with van der Waals surface area (Å²) in [4.78, 5) is 15.2. The zero-order chi connectivity index (χ0) is 12.5. The molecule has 0 saturated carbocycles. The molecule has 0 spiro atoms. The van der Waals surface area contributed by atoms with Gasteiger partial charge in [0.2, 0.25) is 0 Å². The van der Waals surface area contributed by atoms with E-state index in [4.69, 9.17) is 0 Å². The summed E-state index contributed by atoms with van der Waals surface area (Å²) >= 11 is 0. The van der Waals surface area contributed by atoms with Crippen LogP contribution < -0.4 is 0 Å². The van der Waals surface area contributed by atoms with E-state index in [2.05, 4.69) is 4.98 Å². The monoisotopic (exact) mass is 236 g/mol. The van der Waals surface area contributed by atoms with Crippen LogP contribution in [0.1, 0.15) is 15.9 Å². The molecule has 0 unspecified atom stereocenters. The van der Waals surface area contributed by atoms with Gasteiger partial charge in [-0.1, -0.05) is 24.3 Å². The Morgan fingerprint density at radius 1 is 1.17 bits per heavy atom. The molecule has 3 aromatic rings. The molecular weight excluding hydrogens is 224 g/mol. The normalized spacial score (nSPS) is 10.7. The number of para-hydroxylation sites is 2. The van der Waals surface area contributed by atoms with Gasteiger partial charge in [0.15, 0.2) is 0 Å². The van der Waals surface area contributed by atoms with Gasteiger partial charge in [-0.15, -0.1) is 0 Å². The van der Waals surface area contributed by atoms with Crippen LogP contribution in [0, 0.1) is 6.92 Å². The number of rotatable bonds is 2. The topological polar surface area (TPSA) is 34.9 Å². The zero-order valence-electron chi connectivity index (χ0n) is 10.00. The first-order chi connectivity index (χ1) is 8.79. The first kappa shape index (κ1) is 10.7. The summed E-state index contributed by atoms with van der Waals surface area (Å²) in [7, 11) is 0. The molecule has 0 bridgehead atoms. The molecule has 0 saturated heterocycles. The SMILES string of the molecule is Cc1ccc(C=O)cc1-n1cnc2ccccc21. The van der Waals surface area contributed by atoms with Gasteiger partial charge in [0, 0.05) is 5.56 Å². The highest BCUT2D eigenvalue weighted by molar-refractivity contribution is 5.80. The average Bonchev–Trinajstić information content (AvgIpc) is 2.83. The summed E-state index contributed by atoms with van der Waals surface area (Å²) < 4.78 is 2.01. The van der Waals surface area contributed by atoms with Crippen molar-refractivity contribution in [2.45, 2.75) is 6.92 Å². The number of carbonyl (C=O) groups is 1. The van der Waals surface area contributed by atoms with Gasteiger partial charge >= 0.3 is 0 Å². The van der Waals surface area contributed by atoms with Crippen molar-refractivity contribution in [2.24, 2.45) is 0 Å². The molecule has 0 atom stereocenters. The maximum atomic E-state index is 10.9. The molecule has 3 rings (SSSR count). The van der Waals surface area contributed by atoms with Crippen molar-refractivity contribution in [2.75, 3.05) is 0 Å². The van der Waals surface area contributed by atoms with Gasteiger partial charge in [-0.3, -0.25) is 9.36 Å². The van der Waals surface area contributed by atoms with Crippen LogP contribution in [0.2, 0.25) is 0 Å². The van der Waals surface area contributed by atoms with Crippen LogP contribution in [0.3, 0.4) is 0 Å². The lowest BCUT2D eigenvalue weighted by Crippen LogP contribution is -1.96. The van der Waals surface area contributed by atoms with E-state index in [1.165, 1.54) is 0 Å². The third kappa shape index (κ3) is 1.61. The zero-order valence-corrected chi connectivity index (χ0v) is 10.00. The first-order valence-corrected chi connectivity index (χ1v) is 5.78. The lowest BCUT2D eigenvalue weighted by Gasteiger charge is -2.08. The number of hydrogen-bond acceptors (Lipinski definition) is 2. The van der Waals surface area contributed by atoms with Gasteiger partial charge in [-0.2, -0.15) is 0 Å². The molecule has 0 fully saturated rings. The molecule has 0 radical (unpaired) electrons. The number of carbonyl (C=O) groups excluding carboxylic acids is 1. The minimum Gasteiger partial charge on any atom is -0.299 e. The predicted molar refractivity (Wildman–Crippen MR) is 71.2 cm³/mol. The highest BCUT2D eigenvalue weighted by atomic mass is 16.1. The number of aldehydes is 1. The molecule has 88 valence electrons. The second-order valence-corrected chi connectivity index (χ2v) is 4.27. The van der Waals surface area contributed by atoms with Crippen molar-refractivity contribution in [1.82, 2.24) is 9.55 Å². The molecule has 0 N–H and O–H groups in total. The maximum Gasteiger partial charge on any atom is 0.150 e. The maximum absolute atomic E-state index is 10.9. The Labute approximate surface area is 105 Å². The number of imidazole rings is 1. The average molecular weight is 236 g/mol. The molecule has 18 heavy (non-hydrogen) atoms. The smallest absolute Gasteiger partial charge is 0.150 e. The molecular formula is C15H12N2O. The van der Waals surface area contributed by atoms with E-state index in [9.17, 15) is 4.79 Å². The summed E-state index contributed by atoms with van der Waals surface area (Å²) in [5.41, 5.74) is 4.78. The number of aryl methyl sites for hydroxylation is 1. The van der Waals surface area contributed by atoms with E-state index in [0.29, 0.717) is 5.56 Å². The Balaban J connectivity index is 2.28. The lowest BCUT2D eigenvalue weighted by molar-refractivity contribution is 0.112. The third-order valence-corrected chi connectivity index (χ3v) is 3.08. The predicted octanol–water partition coefficient (Wildman–Crippen LogP) is 3.15. The molecule has 0 aliphatic rings. The van der Waals surface area contributed by atoms with E-state index >= 15 is 0 Å². The van der Waals surface area contributed by atoms with Crippen molar-refractivity contribution in [3.63, 3.8) is 0 Å². The fraction of sp³-hybridized carbons (Fsp3) is 0.0667. The number of hydrogen-bond donors (Lipinski definition) is 0. The minimum atomic E-state index is 0.674. The van der Waals surface area contributed by atoms with Gasteiger partial charge in [0.25, 0.3) is 0 Å². The van der Waals surface area contributed by atoms with Crippen molar-refractivity contribution in [1.29, 1.82) is 0 Å². The molecule has 0 aliphatic heterocycles. The number of benzene rings is 2. The standard InChI is InChI=1S/C15H12N2O/c1-11-6-7-12(9-18)8-15(11)17-10-16-13-4-2-3-5-14(13)17/h2-10H,1H3. The van der Waals surface area contributed by atoms with Crippen LogP contribution in [-0.2, 0) is 0 Å². The Kier molecular flexibility index (Phi) is 2.45. The summed E-state index contributed by atoms with van der Waals surface area (Å²) in [6.45, 7) is 2.03. The quantitative estimate of drug-likeness (QED) is 0.641. The van der Waals surface area contributed by atoms with Crippen LogP contribution in [0.4, 0.5) is 0 Å². The number of aromatic nitrogens is 2. The first-order valence-electron chi connectivity index (χ1n) is 5.78. The second-order valence-electron chi connectivity index (χ2n) is 4.27. The van der Waals surface area contributed by atoms with Crippen LogP contribution in [0.5, 0.6) is 0 Å². The minimum absolute atomic E-state index is 0.674. The largest absolute Gasteiger partial charge is 0.299 e. The second kappa shape index (κ2) is 4.11. The number of fused-ring (bicyclic) bond motifs is 1.